The first-order chi connectivity index (χ1) is 16.2. The highest BCUT2D eigenvalue weighted by Gasteiger charge is 2.30. The van der Waals surface area contributed by atoms with Gasteiger partial charge < -0.3 is 9.21 Å². The lowest BCUT2D eigenvalue weighted by molar-refractivity contribution is 0.107. The fourth-order valence-electron chi connectivity index (χ4n) is 4.55. The maximum absolute atomic E-state index is 12.8. The Bertz CT molecular complexity index is 984. The van der Waals surface area contributed by atoms with E-state index in [4.69, 9.17) is 0 Å². The SMILES string of the molecule is FC(F)C1=NN=C(c2ccc(CN(SC3CCN(C4CCC4)CC3)c3ccccc3)nc2)C1. The van der Waals surface area contributed by atoms with Crippen molar-refractivity contribution < 1.29 is 8.78 Å². The average Bonchev–Trinajstić information content (AvgIpc) is 3.31. The first kappa shape index (κ1) is 22.5. The van der Waals surface area contributed by atoms with Gasteiger partial charge in [0.1, 0.15) is 5.71 Å². The van der Waals surface area contributed by atoms with E-state index in [-0.39, 0.29) is 12.1 Å². The number of nitrogens with zero attached hydrogens (tertiary/aromatic N) is 5. The summed E-state index contributed by atoms with van der Waals surface area (Å²) in [5, 5.41) is 8.12. The lowest BCUT2D eigenvalue weighted by Crippen LogP contribution is -2.45. The number of rotatable bonds is 8. The molecular weight excluding hydrogens is 440 g/mol. The number of hydrogen-bond acceptors (Lipinski definition) is 6. The van der Waals surface area contributed by atoms with E-state index in [1.54, 1.807) is 6.20 Å². The monoisotopic (exact) mass is 469 g/mol. The van der Waals surface area contributed by atoms with E-state index in [2.05, 4.69) is 48.7 Å². The van der Waals surface area contributed by atoms with Crippen molar-refractivity contribution in [2.24, 2.45) is 10.2 Å². The second-order valence-corrected chi connectivity index (χ2v) is 10.3. The molecule has 1 aromatic heterocycles. The van der Waals surface area contributed by atoms with Crippen molar-refractivity contribution in [1.29, 1.82) is 0 Å². The summed E-state index contributed by atoms with van der Waals surface area (Å²) in [4.78, 5) is 7.31. The molecule has 1 saturated carbocycles. The molecule has 3 aliphatic rings. The van der Waals surface area contributed by atoms with E-state index in [0.29, 0.717) is 17.5 Å². The van der Waals surface area contributed by atoms with Crippen molar-refractivity contribution in [2.45, 2.75) is 62.8 Å². The quantitative estimate of drug-likeness (QED) is 0.475. The topological polar surface area (TPSA) is 44.1 Å². The van der Waals surface area contributed by atoms with Crippen LogP contribution in [0.5, 0.6) is 0 Å². The van der Waals surface area contributed by atoms with Crippen molar-refractivity contribution >= 4 is 29.1 Å². The van der Waals surface area contributed by atoms with Crippen LogP contribution in [0.15, 0.2) is 58.9 Å². The van der Waals surface area contributed by atoms with Gasteiger partial charge in [-0.2, -0.15) is 10.2 Å². The van der Waals surface area contributed by atoms with Crippen molar-refractivity contribution in [1.82, 2.24) is 9.88 Å². The fraction of sp³-hybridized carbons (Fsp3) is 0.480. The van der Waals surface area contributed by atoms with Gasteiger partial charge in [-0.25, -0.2) is 8.78 Å². The van der Waals surface area contributed by atoms with Crippen LogP contribution in [0.1, 0.15) is 49.8 Å². The van der Waals surface area contributed by atoms with Gasteiger partial charge in [-0.1, -0.05) is 24.6 Å². The van der Waals surface area contributed by atoms with E-state index in [0.717, 1.165) is 17.3 Å². The number of pyridine rings is 1. The third-order valence-corrected chi connectivity index (χ3v) is 8.12. The number of halogens is 2. The Morgan fingerprint density at radius 1 is 1.00 bits per heavy atom. The number of hydrogen-bond donors (Lipinski definition) is 0. The normalized spacial score (nSPS) is 20.0. The summed E-state index contributed by atoms with van der Waals surface area (Å²) >= 11 is 1.93. The van der Waals surface area contributed by atoms with Crippen LogP contribution >= 0.6 is 11.9 Å². The molecule has 2 fully saturated rings. The second-order valence-electron chi connectivity index (χ2n) is 8.95. The summed E-state index contributed by atoms with van der Waals surface area (Å²) in [5.41, 5.74) is 3.24. The van der Waals surface area contributed by atoms with Crippen LogP contribution < -0.4 is 4.31 Å². The second kappa shape index (κ2) is 10.3. The van der Waals surface area contributed by atoms with E-state index in [1.807, 2.05) is 30.1 Å². The van der Waals surface area contributed by atoms with Gasteiger partial charge in [0, 0.05) is 35.2 Å². The number of aromatic nitrogens is 1. The zero-order chi connectivity index (χ0) is 22.6. The van der Waals surface area contributed by atoms with Gasteiger partial charge in [0.15, 0.2) is 0 Å². The summed E-state index contributed by atoms with van der Waals surface area (Å²) in [5.74, 6) is 0. The number of likely N-dealkylation sites (tertiary alicyclic amines) is 1. The third kappa shape index (κ3) is 5.44. The van der Waals surface area contributed by atoms with Crippen molar-refractivity contribution in [3.05, 3.63) is 59.9 Å². The predicted octanol–water partition coefficient (Wildman–Crippen LogP) is 5.57. The van der Waals surface area contributed by atoms with Crippen molar-refractivity contribution in [3.63, 3.8) is 0 Å². The van der Waals surface area contributed by atoms with Crippen LogP contribution in [0.4, 0.5) is 14.5 Å². The minimum absolute atomic E-state index is 0.0875. The molecule has 33 heavy (non-hydrogen) atoms. The highest BCUT2D eigenvalue weighted by molar-refractivity contribution is 8.01. The van der Waals surface area contributed by atoms with Crippen LogP contribution in [0, 0.1) is 0 Å². The molecule has 5 rings (SSSR count). The molecule has 2 aliphatic heterocycles. The van der Waals surface area contributed by atoms with E-state index < -0.39 is 6.43 Å². The molecule has 0 amide bonds. The smallest absolute Gasteiger partial charge is 0.278 e. The molecule has 0 unspecified atom stereocenters. The summed E-state index contributed by atoms with van der Waals surface area (Å²) < 4.78 is 28.0. The van der Waals surface area contributed by atoms with E-state index in [1.165, 1.54) is 50.9 Å². The van der Waals surface area contributed by atoms with Crippen molar-refractivity contribution in [2.75, 3.05) is 17.4 Å². The van der Waals surface area contributed by atoms with E-state index in [9.17, 15) is 8.78 Å². The molecule has 174 valence electrons. The Balaban J connectivity index is 1.22. The average molecular weight is 470 g/mol. The molecule has 8 heteroatoms. The van der Waals surface area contributed by atoms with Gasteiger partial charge in [0.05, 0.1) is 18.0 Å². The molecule has 0 spiro atoms. The maximum Gasteiger partial charge on any atom is 0.278 e. The Labute approximate surface area is 198 Å². The molecule has 1 aliphatic carbocycles. The number of alkyl halides is 2. The molecule has 5 nitrogen and oxygen atoms in total. The number of anilines is 1. The van der Waals surface area contributed by atoms with Gasteiger partial charge in [-0.05, 0) is 75.0 Å². The van der Waals surface area contributed by atoms with Gasteiger partial charge in [0.25, 0.3) is 6.43 Å². The Morgan fingerprint density at radius 3 is 2.39 bits per heavy atom. The van der Waals surface area contributed by atoms with Gasteiger partial charge in [0.2, 0.25) is 0 Å². The molecule has 1 saturated heterocycles. The lowest BCUT2D eigenvalue weighted by atomic mass is 9.90. The Morgan fingerprint density at radius 2 is 1.79 bits per heavy atom. The van der Waals surface area contributed by atoms with Crippen LogP contribution in [-0.2, 0) is 6.54 Å². The molecule has 0 atom stereocenters. The van der Waals surface area contributed by atoms with Crippen molar-refractivity contribution in [3.8, 4) is 0 Å². The van der Waals surface area contributed by atoms with Gasteiger partial charge >= 0.3 is 0 Å². The molecular formula is C25H29F2N5S. The van der Waals surface area contributed by atoms with Crippen LogP contribution in [0.25, 0.3) is 0 Å². The van der Waals surface area contributed by atoms with Crippen LogP contribution in [0.3, 0.4) is 0 Å². The number of para-hydroxylation sites is 1. The highest BCUT2D eigenvalue weighted by Crippen LogP contribution is 2.35. The standard InChI is InChI=1S/C25H29F2N5S/c26-25(27)24-15-23(29-30-24)18-9-10-19(28-16-18)17-32(21-5-2-1-3-6-21)33-22-11-13-31(14-12-22)20-7-4-8-20/h1-3,5-6,9-10,16,20,22,25H,4,7-8,11-15,17H2. The zero-order valence-corrected chi connectivity index (χ0v) is 19.4. The number of piperidine rings is 1. The molecule has 0 radical (unpaired) electrons. The number of benzene rings is 1. The first-order valence-electron chi connectivity index (χ1n) is 11.8. The van der Waals surface area contributed by atoms with Crippen LogP contribution in [0.2, 0.25) is 0 Å². The summed E-state index contributed by atoms with van der Waals surface area (Å²) in [6.07, 6.45) is 5.81. The summed E-state index contributed by atoms with van der Waals surface area (Å²) in [6, 6.07) is 15.2. The molecule has 0 N–H and O–H groups in total. The van der Waals surface area contributed by atoms with Crippen LogP contribution in [-0.4, -0.2) is 52.1 Å². The summed E-state index contributed by atoms with van der Waals surface area (Å²) in [6.45, 7) is 3.08. The zero-order valence-electron chi connectivity index (χ0n) is 18.6. The lowest BCUT2D eigenvalue weighted by Gasteiger charge is -2.42. The first-order valence-corrected chi connectivity index (χ1v) is 12.6. The highest BCUT2D eigenvalue weighted by atomic mass is 32.2. The fourth-order valence-corrected chi connectivity index (χ4v) is 5.78. The third-order valence-electron chi connectivity index (χ3n) is 6.75. The minimum atomic E-state index is -2.56. The van der Waals surface area contributed by atoms with E-state index >= 15 is 0 Å². The molecule has 1 aromatic carbocycles. The largest absolute Gasteiger partial charge is 0.310 e. The molecule has 3 heterocycles. The maximum atomic E-state index is 12.8. The Kier molecular flexibility index (Phi) is 7.02. The predicted molar refractivity (Wildman–Crippen MR) is 131 cm³/mol. The summed E-state index contributed by atoms with van der Waals surface area (Å²) in [7, 11) is 0. The Hall–Kier alpha value is -2.32. The van der Waals surface area contributed by atoms with Gasteiger partial charge in [-0.15, -0.1) is 0 Å². The molecule has 0 bridgehead atoms. The van der Waals surface area contributed by atoms with Gasteiger partial charge in [-0.3, -0.25) is 4.98 Å². The molecule has 2 aromatic rings. The minimum Gasteiger partial charge on any atom is -0.310 e.